The maximum Gasteiger partial charge on any atom is 0.313 e. The predicted octanol–water partition coefficient (Wildman–Crippen LogP) is 1.95. The topological polar surface area (TPSA) is 116 Å². The van der Waals surface area contributed by atoms with Crippen LogP contribution in [0.3, 0.4) is 0 Å². The molecule has 2 saturated carbocycles. The van der Waals surface area contributed by atoms with Crippen LogP contribution in [0.2, 0.25) is 0 Å². The van der Waals surface area contributed by atoms with E-state index in [9.17, 15) is 19.5 Å². The van der Waals surface area contributed by atoms with Gasteiger partial charge in [-0.25, -0.2) is 0 Å². The second kappa shape index (κ2) is 6.40. The summed E-state index contributed by atoms with van der Waals surface area (Å²) < 4.78 is 22.2. The van der Waals surface area contributed by atoms with Crippen LogP contribution in [0.4, 0.5) is 0 Å². The maximum absolute atomic E-state index is 13.6. The Balaban J connectivity index is 1.62. The van der Waals surface area contributed by atoms with Crippen LogP contribution in [-0.2, 0) is 28.6 Å². The van der Waals surface area contributed by atoms with Crippen LogP contribution < -0.4 is 0 Å². The van der Waals surface area contributed by atoms with E-state index < -0.39 is 40.5 Å². The van der Waals surface area contributed by atoms with Gasteiger partial charge in [0.25, 0.3) is 0 Å². The van der Waals surface area contributed by atoms with E-state index in [0.717, 1.165) is 5.56 Å². The summed E-state index contributed by atoms with van der Waals surface area (Å²) in [5.74, 6) is -1.73. The van der Waals surface area contributed by atoms with Gasteiger partial charge < -0.3 is 23.7 Å². The standard InChI is InChI=1S/C22H26O8/c1-12-5-18(25)22(11-28-13(2)23)17(6-15(24)7-20(22)10-29-20)21(12)8-16(30-19(21)26)14-3-4-27-9-14/h3-4,9,12,15-17,24H,5-8,10-11H2,1-2H3/t12-,15+,16+,17-,20+,21-,22+/m1/s1. The van der Waals surface area contributed by atoms with Gasteiger partial charge in [-0.15, -0.1) is 0 Å². The number of carbonyl (C=O) groups excluding carboxylic acids is 3. The lowest BCUT2D eigenvalue weighted by Crippen LogP contribution is -2.68. The largest absolute Gasteiger partial charge is 0.472 e. The summed E-state index contributed by atoms with van der Waals surface area (Å²) >= 11 is 0. The highest BCUT2D eigenvalue weighted by molar-refractivity contribution is 5.93. The summed E-state index contributed by atoms with van der Waals surface area (Å²) in [5.41, 5.74) is -2.27. The molecule has 7 atom stereocenters. The first-order valence-corrected chi connectivity index (χ1v) is 10.5. The Kier molecular flexibility index (Phi) is 4.22. The van der Waals surface area contributed by atoms with Gasteiger partial charge in [0.15, 0.2) is 0 Å². The Morgan fingerprint density at radius 3 is 2.73 bits per heavy atom. The molecule has 2 spiro atoms. The molecule has 162 valence electrons. The number of carbonyl (C=O) groups is 3. The summed E-state index contributed by atoms with van der Waals surface area (Å²) in [6.45, 7) is 3.36. The average Bonchev–Trinajstić information content (AvgIpc) is 3.12. The van der Waals surface area contributed by atoms with Crippen molar-refractivity contribution >= 4 is 17.7 Å². The highest BCUT2D eigenvalue weighted by atomic mass is 16.6. The SMILES string of the molecule is CC(=O)OC[C@@]12C(=O)C[C@@H](C)[C@]3(C[C@@H](c4ccoc4)OC3=O)[C@H]1C[C@H](O)C[C@]21CO1. The number of rotatable bonds is 3. The molecule has 2 aliphatic carbocycles. The van der Waals surface area contributed by atoms with Crippen LogP contribution >= 0.6 is 0 Å². The van der Waals surface area contributed by atoms with Crippen LogP contribution in [-0.4, -0.2) is 47.7 Å². The molecule has 1 aromatic heterocycles. The van der Waals surface area contributed by atoms with Gasteiger partial charge in [-0.05, 0) is 24.3 Å². The molecule has 1 N–H and O–H groups in total. The fourth-order valence-electron chi connectivity index (χ4n) is 6.51. The minimum Gasteiger partial charge on any atom is -0.472 e. The van der Waals surface area contributed by atoms with Gasteiger partial charge in [0.05, 0.1) is 36.1 Å². The number of hydrogen-bond acceptors (Lipinski definition) is 8. The van der Waals surface area contributed by atoms with Gasteiger partial charge in [0.2, 0.25) is 0 Å². The molecule has 4 aliphatic rings. The number of aliphatic hydroxyl groups excluding tert-OH is 1. The third-order valence-corrected chi connectivity index (χ3v) is 8.03. The van der Waals surface area contributed by atoms with E-state index in [4.69, 9.17) is 18.6 Å². The number of aliphatic hydroxyl groups is 1. The lowest BCUT2D eigenvalue weighted by atomic mass is 9.43. The van der Waals surface area contributed by atoms with E-state index in [2.05, 4.69) is 0 Å². The van der Waals surface area contributed by atoms with E-state index >= 15 is 0 Å². The molecule has 2 aliphatic heterocycles. The number of Topliss-reactive ketones (excluding diaryl/α,β-unsaturated/α-hetero) is 1. The van der Waals surface area contributed by atoms with Gasteiger partial charge in [0, 0.05) is 31.7 Å². The van der Waals surface area contributed by atoms with Crippen molar-refractivity contribution in [2.45, 2.75) is 57.3 Å². The molecule has 1 aromatic rings. The van der Waals surface area contributed by atoms with Crippen LogP contribution in [0.5, 0.6) is 0 Å². The number of fused-ring (bicyclic) bond motifs is 3. The molecule has 4 fully saturated rings. The van der Waals surface area contributed by atoms with Crippen LogP contribution in [0.1, 0.15) is 51.2 Å². The van der Waals surface area contributed by atoms with Crippen molar-refractivity contribution in [2.75, 3.05) is 13.2 Å². The van der Waals surface area contributed by atoms with Crippen LogP contribution in [0.25, 0.3) is 0 Å². The van der Waals surface area contributed by atoms with E-state index in [0.29, 0.717) is 19.4 Å². The van der Waals surface area contributed by atoms with Crippen molar-refractivity contribution < 1.29 is 38.1 Å². The van der Waals surface area contributed by atoms with Gasteiger partial charge in [-0.1, -0.05) is 6.92 Å². The number of cyclic esters (lactones) is 1. The molecule has 30 heavy (non-hydrogen) atoms. The van der Waals surface area contributed by atoms with E-state index in [1.54, 1.807) is 12.3 Å². The lowest BCUT2D eigenvalue weighted by Gasteiger charge is -2.58. The van der Waals surface area contributed by atoms with Gasteiger partial charge in [0.1, 0.15) is 24.1 Å². The summed E-state index contributed by atoms with van der Waals surface area (Å²) in [4.78, 5) is 38.7. The Bertz CT molecular complexity index is 887. The number of ether oxygens (including phenoxy) is 3. The second-order valence-electron chi connectivity index (χ2n) is 9.40. The monoisotopic (exact) mass is 418 g/mol. The molecule has 8 heteroatoms. The van der Waals surface area contributed by atoms with Crippen molar-refractivity contribution in [3.63, 3.8) is 0 Å². The number of epoxide rings is 1. The highest BCUT2D eigenvalue weighted by Crippen LogP contribution is 2.69. The molecule has 8 nitrogen and oxygen atoms in total. The van der Waals surface area contributed by atoms with E-state index in [-0.39, 0.29) is 37.1 Å². The Morgan fingerprint density at radius 1 is 1.33 bits per heavy atom. The number of ketones is 1. The average molecular weight is 418 g/mol. The fourth-order valence-corrected chi connectivity index (χ4v) is 6.51. The van der Waals surface area contributed by atoms with Gasteiger partial charge >= 0.3 is 11.9 Å². The minimum atomic E-state index is -1.16. The number of hydrogen-bond donors (Lipinski definition) is 1. The second-order valence-corrected chi connectivity index (χ2v) is 9.40. The van der Waals surface area contributed by atoms with Crippen LogP contribution in [0.15, 0.2) is 23.0 Å². The maximum atomic E-state index is 13.6. The van der Waals surface area contributed by atoms with E-state index in [1.165, 1.54) is 13.2 Å². The van der Waals surface area contributed by atoms with Gasteiger partial charge in [-0.2, -0.15) is 0 Å². The zero-order valence-corrected chi connectivity index (χ0v) is 17.1. The molecular formula is C22H26O8. The summed E-state index contributed by atoms with van der Waals surface area (Å²) in [7, 11) is 0. The molecule has 0 amide bonds. The number of furan rings is 1. The first-order valence-electron chi connectivity index (χ1n) is 10.5. The first kappa shape index (κ1) is 19.8. The molecular weight excluding hydrogens is 392 g/mol. The third kappa shape index (κ3) is 2.43. The highest BCUT2D eigenvalue weighted by Gasteiger charge is 2.79. The zero-order valence-electron chi connectivity index (χ0n) is 17.1. The summed E-state index contributed by atoms with van der Waals surface area (Å²) in [6, 6.07) is 1.77. The normalized spacial score (nSPS) is 44.8. The van der Waals surface area contributed by atoms with Crippen LogP contribution in [0, 0.1) is 22.7 Å². The molecule has 3 heterocycles. The number of esters is 2. The van der Waals surface area contributed by atoms with Crippen molar-refractivity contribution in [3.05, 3.63) is 24.2 Å². The van der Waals surface area contributed by atoms with E-state index in [1.807, 2.05) is 6.92 Å². The summed E-state index contributed by atoms with van der Waals surface area (Å²) in [5, 5.41) is 10.7. The van der Waals surface area contributed by atoms with Gasteiger partial charge in [-0.3, -0.25) is 14.4 Å². The zero-order chi connectivity index (χ0) is 21.3. The minimum absolute atomic E-state index is 0.0594. The predicted molar refractivity (Wildman–Crippen MR) is 99.9 cm³/mol. The molecule has 2 saturated heterocycles. The molecule has 0 radical (unpaired) electrons. The molecule has 5 rings (SSSR count). The first-order chi connectivity index (χ1) is 14.2. The van der Waals surface area contributed by atoms with Crippen molar-refractivity contribution in [1.82, 2.24) is 0 Å². The molecule has 0 aromatic carbocycles. The fraction of sp³-hybridized carbons (Fsp3) is 0.682. The quantitative estimate of drug-likeness (QED) is 0.585. The smallest absolute Gasteiger partial charge is 0.313 e. The third-order valence-electron chi connectivity index (χ3n) is 8.03. The van der Waals surface area contributed by atoms with Crippen molar-refractivity contribution in [1.29, 1.82) is 0 Å². The van der Waals surface area contributed by atoms with Crippen molar-refractivity contribution in [2.24, 2.45) is 22.7 Å². The Morgan fingerprint density at radius 2 is 2.10 bits per heavy atom. The molecule has 0 unspecified atom stereocenters. The lowest BCUT2D eigenvalue weighted by molar-refractivity contribution is -0.196. The summed E-state index contributed by atoms with van der Waals surface area (Å²) in [6.07, 6.45) is 3.01. The molecule has 0 bridgehead atoms. The Hall–Kier alpha value is -2.19. The Labute approximate surface area is 173 Å². The van der Waals surface area contributed by atoms with Crippen molar-refractivity contribution in [3.8, 4) is 0 Å².